The van der Waals surface area contributed by atoms with Gasteiger partial charge >= 0.3 is 0 Å². The van der Waals surface area contributed by atoms with E-state index in [1.807, 2.05) is 12.1 Å². The maximum absolute atomic E-state index is 13.5. The van der Waals surface area contributed by atoms with E-state index >= 15 is 0 Å². The van der Waals surface area contributed by atoms with Crippen molar-refractivity contribution in [3.63, 3.8) is 0 Å². The average molecular weight is 353 g/mol. The summed E-state index contributed by atoms with van der Waals surface area (Å²) in [7, 11) is 1.58. The first-order valence-corrected chi connectivity index (χ1v) is 7.77. The van der Waals surface area contributed by atoms with Gasteiger partial charge in [-0.05, 0) is 36.4 Å². The van der Waals surface area contributed by atoms with E-state index in [0.717, 1.165) is 23.4 Å². The maximum Gasteiger partial charge on any atom is 0.298 e. The molecule has 0 unspecified atom stereocenters. The molecule has 0 aliphatic rings. The summed E-state index contributed by atoms with van der Waals surface area (Å²) in [5, 5.41) is 0. The summed E-state index contributed by atoms with van der Waals surface area (Å²) in [6.07, 6.45) is 4.85. The highest BCUT2D eigenvalue weighted by Crippen LogP contribution is 2.21. The zero-order chi connectivity index (χ0) is 18.3. The third-order valence-electron chi connectivity index (χ3n) is 4.09. The minimum Gasteiger partial charge on any atom is -0.497 e. The zero-order valence-electron chi connectivity index (χ0n) is 13.7. The first kappa shape index (κ1) is 16.0. The van der Waals surface area contributed by atoms with Gasteiger partial charge in [0.1, 0.15) is 5.75 Å². The number of halogens is 2. The molecule has 0 atom stereocenters. The van der Waals surface area contributed by atoms with Gasteiger partial charge in [0.25, 0.3) is 5.56 Å². The van der Waals surface area contributed by atoms with E-state index in [9.17, 15) is 13.6 Å². The van der Waals surface area contributed by atoms with Crippen molar-refractivity contribution in [3.05, 3.63) is 83.0 Å². The SMILES string of the molecule is COc1ccc(-c2cn3ccn(-c4ccc(F)c(F)c4)c(=O)c3n2)cc1. The Kier molecular flexibility index (Phi) is 3.76. The number of methoxy groups -OCH3 is 1. The molecule has 2 aromatic heterocycles. The van der Waals surface area contributed by atoms with Crippen molar-refractivity contribution in [2.24, 2.45) is 0 Å². The van der Waals surface area contributed by atoms with Gasteiger partial charge in [-0.1, -0.05) is 0 Å². The normalized spacial score (nSPS) is 11.0. The van der Waals surface area contributed by atoms with Crippen LogP contribution < -0.4 is 10.3 Å². The fourth-order valence-corrected chi connectivity index (χ4v) is 2.72. The highest BCUT2D eigenvalue weighted by atomic mass is 19.2. The van der Waals surface area contributed by atoms with Crippen molar-refractivity contribution in [2.75, 3.05) is 7.11 Å². The molecule has 7 heteroatoms. The Morgan fingerprint density at radius 2 is 1.77 bits per heavy atom. The number of benzene rings is 2. The van der Waals surface area contributed by atoms with Crippen molar-refractivity contribution < 1.29 is 13.5 Å². The molecule has 4 rings (SSSR count). The number of nitrogens with zero attached hydrogens (tertiary/aromatic N) is 3. The van der Waals surface area contributed by atoms with Gasteiger partial charge in [0.2, 0.25) is 5.65 Å². The van der Waals surface area contributed by atoms with Gasteiger partial charge < -0.3 is 9.14 Å². The molecule has 26 heavy (non-hydrogen) atoms. The average Bonchev–Trinajstić information content (AvgIpc) is 3.10. The first-order valence-electron chi connectivity index (χ1n) is 7.77. The molecule has 0 amide bonds. The summed E-state index contributed by atoms with van der Waals surface area (Å²) in [5.41, 5.74) is 1.42. The van der Waals surface area contributed by atoms with E-state index in [2.05, 4.69) is 4.98 Å². The summed E-state index contributed by atoms with van der Waals surface area (Å²) >= 11 is 0. The summed E-state index contributed by atoms with van der Waals surface area (Å²) in [6.45, 7) is 0. The van der Waals surface area contributed by atoms with Crippen LogP contribution in [0.3, 0.4) is 0 Å². The maximum atomic E-state index is 13.5. The van der Waals surface area contributed by atoms with E-state index in [1.54, 1.807) is 36.0 Å². The van der Waals surface area contributed by atoms with Gasteiger partial charge in [-0.15, -0.1) is 0 Å². The molecule has 2 aromatic carbocycles. The van der Waals surface area contributed by atoms with Gasteiger partial charge in [0, 0.05) is 30.2 Å². The largest absolute Gasteiger partial charge is 0.497 e. The molecule has 0 spiro atoms. The van der Waals surface area contributed by atoms with E-state index < -0.39 is 17.2 Å². The van der Waals surface area contributed by atoms with Crippen LogP contribution in [0.5, 0.6) is 5.75 Å². The topological polar surface area (TPSA) is 48.5 Å². The Balaban J connectivity index is 1.82. The lowest BCUT2D eigenvalue weighted by molar-refractivity contribution is 0.415. The summed E-state index contributed by atoms with van der Waals surface area (Å²) in [6, 6.07) is 10.6. The predicted molar refractivity (Wildman–Crippen MR) is 92.7 cm³/mol. The Labute approximate surface area is 146 Å². The van der Waals surface area contributed by atoms with Crippen LogP contribution >= 0.6 is 0 Å². The minimum absolute atomic E-state index is 0.183. The molecule has 0 N–H and O–H groups in total. The van der Waals surface area contributed by atoms with Gasteiger partial charge in [-0.2, -0.15) is 0 Å². The minimum atomic E-state index is -1.02. The zero-order valence-corrected chi connectivity index (χ0v) is 13.7. The molecule has 4 aromatic rings. The molecular weight excluding hydrogens is 340 g/mol. The fourth-order valence-electron chi connectivity index (χ4n) is 2.72. The van der Waals surface area contributed by atoms with Crippen LogP contribution in [0, 0.1) is 11.6 Å². The lowest BCUT2D eigenvalue weighted by Crippen LogP contribution is -2.20. The Morgan fingerprint density at radius 3 is 2.46 bits per heavy atom. The summed E-state index contributed by atoms with van der Waals surface area (Å²) < 4.78 is 34.6. The van der Waals surface area contributed by atoms with E-state index in [0.29, 0.717) is 5.69 Å². The molecule has 0 aliphatic carbocycles. The van der Waals surface area contributed by atoms with Crippen LogP contribution in [0.25, 0.3) is 22.6 Å². The molecule has 0 aliphatic heterocycles. The monoisotopic (exact) mass is 353 g/mol. The first-order chi connectivity index (χ1) is 12.6. The van der Waals surface area contributed by atoms with E-state index in [-0.39, 0.29) is 11.3 Å². The van der Waals surface area contributed by atoms with Crippen molar-refractivity contribution in [3.8, 4) is 22.7 Å². The molecule has 0 fully saturated rings. The highest BCUT2D eigenvalue weighted by Gasteiger charge is 2.12. The van der Waals surface area contributed by atoms with E-state index in [1.165, 1.54) is 16.8 Å². The van der Waals surface area contributed by atoms with Crippen LogP contribution in [0.1, 0.15) is 0 Å². The molecule has 2 heterocycles. The summed E-state index contributed by atoms with van der Waals surface area (Å²) in [5.74, 6) is -1.26. The number of hydrogen-bond donors (Lipinski definition) is 0. The lowest BCUT2D eigenvalue weighted by atomic mass is 10.2. The molecule has 0 radical (unpaired) electrons. The van der Waals surface area contributed by atoms with Gasteiger partial charge in [-0.25, -0.2) is 13.8 Å². The van der Waals surface area contributed by atoms with Crippen molar-refractivity contribution >= 4 is 5.65 Å². The lowest BCUT2D eigenvalue weighted by Gasteiger charge is -2.06. The van der Waals surface area contributed by atoms with Crippen LogP contribution in [0.4, 0.5) is 8.78 Å². The second-order valence-corrected chi connectivity index (χ2v) is 5.66. The molecular formula is C19H13F2N3O2. The van der Waals surface area contributed by atoms with Crippen LogP contribution in [-0.4, -0.2) is 21.1 Å². The highest BCUT2D eigenvalue weighted by molar-refractivity contribution is 5.63. The van der Waals surface area contributed by atoms with E-state index in [4.69, 9.17) is 4.74 Å². The number of rotatable bonds is 3. The number of imidazole rings is 1. The summed E-state index contributed by atoms with van der Waals surface area (Å²) in [4.78, 5) is 17.1. The number of hydrogen-bond acceptors (Lipinski definition) is 3. The fraction of sp³-hybridized carbons (Fsp3) is 0.0526. The van der Waals surface area contributed by atoms with Crippen LogP contribution in [0.2, 0.25) is 0 Å². The van der Waals surface area contributed by atoms with Gasteiger partial charge in [0.05, 0.1) is 18.5 Å². The third kappa shape index (κ3) is 2.63. The molecule has 0 bridgehead atoms. The van der Waals surface area contributed by atoms with Crippen LogP contribution in [0.15, 0.2) is 65.8 Å². The molecule has 5 nitrogen and oxygen atoms in total. The molecule has 0 saturated carbocycles. The third-order valence-corrected chi connectivity index (χ3v) is 4.09. The Hall–Kier alpha value is -3.48. The smallest absolute Gasteiger partial charge is 0.298 e. The van der Waals surface area contributed by atoms with Gasteiger partial charge in [0.15, 0.2) is 11.6 Å². The molecule has 130 valence electrons. The Morgan fingerprint density at radius 1 is 1.00 bits per heavy atom. The standard InChI is InChI=1S/C19H13F2N3O2/c1-26-14-5-2-12(3-6-14)17-11-23-8-9-24(19(25)18(23)22-17)13-4-7-15(20)16(21)10-13/h2-11H,1H3. The molecule has 0 saturated heterocycles. The van der Waals surface area contributed by atoms with Gasteiger partial charge in [-0.3, -0.25) is 9.36 Å². The quantitative estimate of drug-likeness (QED) is 0.567. The predicted octanol–water partition coefficient (Wildman–Crippen LogP) is 3.44. The second-order valence-electron chi connectivity index (χ2n) is 5.66. The second kappa shape index (κ2) is 6.11. The van der Waals surface area contributed by atoms with Crippen molar-refractivity contribution in [2.45, 2.75) is 0 Å². The number of aromatic nitrogens is 3. The van der Waals surface area contributed by atoms with Crippen molar-refractivity contribution in [1.82, 2.24) is 14.0 Å². The number of ether oxygens (including phenoxy) is 1. The van der Waals surface area contributed by atoms with Crippen molar-refractivity contribution in [1.29, 1.82) is 0 Å². The Bertz CT molecular complexity index is 1160. The van der Waals surface area contributed by atoms with Crippen LogP contribution in [-0.2, 0) is 0 Å². The number of fused-ring (bicyclic) bond motifs is 1.